The highest BCUT2D eigenvalue weighted by Crippen LogP contribution is 2.27. The third-order valence-electron chi connectivity index (χ3n) is 4.37. The van der Waals surface area contributed by atoms with E-state index in [0.717, 1.165) is 16.2 Å². The van der Waals surface area contributed by atoms with Gasteiger partial charge in [-0.25, -0.2) is 4.99 Å². The number of para-hydroxylation sites is 2. The zero-order chi connectivity index (χ0) is 17.9. The molecule has 1 aromatic heterocycles. The van der Waals surface area contributed by atoms with Crippen LogP contribution in [0.4, 0.5) is 5.69 Å². The van der Waals surface area contributed by atoms with Gasteiger partial charge >= 0.3 is 0 Å². The average Bonchev–Trinajstić information content (AvgIpc) is 3.08. The fourth-order valence-corrected chi connectivity index (χ4v) is 3.95. The standard InChI is InChI=1S/C23H20N2S/c1-17-13-14-18(2)21(15-17)22-16-26-23(24-19-9-5-3-6-10-19)25(22)20-11-7-4-8-12-20/h3-16H,1-2H3. The molecule has 0 spiro atoms. The van der Waals surface area contributed by atoms with E-state index in [4.69, 9.17) is 4.99 Å². The molecule has 0 amide bonds. The van der Waals surface area contributed by atoms with Gasteiger partial charge in [-0.15, -0.1) is 11.3 Å². The van der Waals surface area contributed by atoms with Crippen molar-refractivity contribution in [1.29, 1.82) is 0 Å². The van der Waals surface area contributed by atoms with Gasteiger partial charge in [0.2, 0.25) is 0 Å². The van der Waals surface area contributed by atoms with E-state index in [9.17, 15) is 0 Å². The number of nitrogens with zero attached hydrogens (tertiary/aromatic N) is 2. The van der Waals surface area contributed by atoms with Gasteiger partial charge < -0.3 is 0 Å². The van der Waals surface area contributed by atoms with Crippen molar-refractivity contribution in [3.05, 3.63) is 100 Å². The largest absolute Gasteiger partial charge is 0.285 e. The summed E-state index contributed by atoms with van der Waals surface area (Å²) < 4.78 is 2.25. The van der Waals surface area contributed by atoms with E-state index in [1.807, 2.05) is 36.4 Å². The van der Waals surface area contributed by atoms with Crippen LogP contribution in [0, 0.1) is 13.8 Å². The van der Waals surface area contributed by atoms with Crippen molar-refractivity contribution in [3.63, 3.8) is 0 Å². The van der Waals surface area contributed by atoms with Gasteiger partial charge in [-0.05, 0) is 49.7 Å². The first-order chi connectivity index (χ1) is 12.7. The molecule has 0 aliphatic heterocycles. The smallest absolute Gasteiger partial charge is 0.195 e. The number of thiazole rings is 1. The van der Waals surface area contributed by atoms with Crippen LogP contribution in [-0.4, -0.2) is 4.57 Å². The van der Waals surface area contributed by atoms with Gasteiger partial charge in [-0.1, -0.05) is 54.1 Å². The first kappa shape index (κ1) is 16.6. The molecule has 0 atom stereocenters. The average molecular weight is 356 g/mol. The number of hydrogen-bond acceptors (Lipinski definition) is 2. The molecular weight excluding hydrogens is 336 g/mol. The van der Waals surface area contributed by atoms with E-state index < -0.39 is 0 Å². The lowest BCUT2D eigenvalue weighted by molar-refractivity contribution is 1.01. The summed E-state index contributed by atoms with van der Waals surface area (Å²) in [6, 6.07) is 27.2. The van der Waals surface area contributed by atoms with Crippen molar-refractivity contribution in [1.82, 2.24) is 4.57 Å². The first-order valence-corrected chi connectivity index (χ1v) is 9.54. The second kappa shape index (κ2) is 7.14. The Morgan fingerprint density at radius 2 is 1.50 bits per heavy atom. The monoisotopic (exact) mass is 356 g/mol. The lowest BCUT2D eigenvalue weighted by Gasteiger charge is -2.12. The Labute approximate surface area is 157 Å². The summed E-state index contributed by atoms with van der Waals surface area (Å²) in [6.07, 6.45) is 0. The highest BCUT2D eigenvalue weighted by Gasteiger charge is 2.12. The summed E-state index contributed by atoms with van der Waals surface area (Å²) in [5.41, 5.74) is 7.05. The molecule has 0 aliphatic carbocycles. The van der Waals surface area contributed by atoms with Crippen molar-refractivity contribution in [2.75, 3.05) is 0 Å². The molecule has 4 aromatic rings. The second-order valence-corrected chi connectivity index (χ2v) is 7.18. The van der Waals surface area contributed by atoms with E-state index in [0.29, 0.717) is 0 Å². The number of rotatable bonds is 3. The Hall–Kier alpha value is -2.91. The topological polar surface area (TPSA) is 17.3 Å². The van der Waals surface area contributed by atoms with E-state index in [1.165, 1.54) is 22.4 Å². The molecule has 128 valence electrons. The number of benzene rings is 3. The molecule has 0 aliphatic rings. The molecular formula is C23H20N2S. The molecule has 0 radical (unpaired) electrons. The van der Waals surface area contributed by atoms with Crippen molar-refractivity contribution in [2.45, 2.75) is 13.8 Å². The fourth-order valence-electron chi connectivity index (χ4n) is 3.03. The van der Waals surface area contributed by atoms with Crippen molar-refractivity contribution >= 4 is 17.0 Å². The minimum Gasteiger partial charge on any atom is -0.285 e. The summed E-state index contributed by atoms with van der Waals surface area (Å²) >= 11 is 1.67. The molecule has 1 heterocycles. The minimum absolute atomic E-state index is 0.964. The van der Waals surface area contributed by atoms with Crippen LogP contribution in [-0.2, 0) is 0 Å². The van der Waals surface area contributed by atoms with E-state index in [-0.39, 0.29) is 0 Å². The van der Waals surface area contributed by atoms with Crippen LogP contribution in [0.3, 0.4) is 0 Å². The van der Waals surface area contributed by atoms with Crippen LogP contribution in [0.5, 0.6) is 0 Å². The molecule has 0 saturated carbocycles. The maximum Gasteiger partial charge on any atom is 0.195 e. The van der Waals surface area contributed by atoms with Crippen molar-refractivity contribution < 1.29 is 0 Å². The molecule has 2 nitrogen and oxygen atoms in total. The lowest BCUT2D eigenvalue weighted by atomic mass is 10.0. The normalized spacial score (nSPS) is 11.7. The Balaban J connectivity index is 1.99. The van der Waals surface area contributed by atoms with Gasteiger partial charge in [0.25, 0.3) is 0 Å². The third-order valence-corrected chi connectivity index (χ3v) is 5.20. The van der Waals surface area contributed by atoms with Gasteiger partial charge in [0.1, 0.15) is 0 Å². The fraction of sp³-hybridized carbons (Fsp3) is 0.0870. The predicted molar refractivity (Wildman–Crippen MR) is 110 cm³/mol. The Kier molecular flexibility index (Phi) is 4.55. The summed E-state index contributed by atoms with van der Waals surface area (Å²) in [7, 11) is 0. The summed E-state index contributed by atoms with van der Waals surface area (Å²) in [5, 5.41) is 2.20. The summed E-state index contributed by atoms with van der Waals surface area (Å²) in [5.74, 6) is 0. The van der Waals surface area contributed by atoms with Gasteiger partial charge in [0.05, 0.1) is 11.4 Å². The molecule has 26 heavy (non-hydrogen) atoms. The zero-order valence-corrected chi connectivity index (χ0v) is 15.7. The Morgan fingerprint density at radius 3 is 2.23 bits per heavy atom. The highest BCUT2D eigenvalue weighted by atomic mass is 32.1. The van der Waals surface area contributed by atoms with E-state index in [1.54, 1.807) is 11.3 Å². The molecule has 0 N–H and O–H groups in total. The highest BCUT2D eigenvalue weighted by molar-refractivity contribution is 7.07. The summed E-state index contributed by atoms with van der Waals surface area (Å²) in [4.78, 5) is 5.87. The van der Waals surface area contributed by atoms with Crippen LogP contribution in [0.15, 0.2) is 89.2 Å². The van der Waals surface area contributed by atoms with Crippen LogP contribution in [0.1, 0.15) is 11.1 Å². The van der Waals surface area contributed by atoms with Crippen molar-refractivity contribution in [3.8, 4) is 16.9 Å². The number of aryl methyl sites for hydroxylation is 2. The SMILES string of the molecule is Cc1ccc(C)c(-c2csc(=Nc3ccccc3)n2-c2ccccc2)c1. The molecule has 0 fully saturated rings. The van der Waals surface area contributed by atoms with E-state index >= 15 is 0 Å². The third kappa shape index (κ3) is 3.26. The number of aromatic nitrogens is 1. The lowest BCUT2D eigenvalue weighted by Crippen LogP contribution is -2.13. The van der Waals surface area contributed by atoms with Crippen LogP contribution in [0.2, 0.25) is 0 Å². The predicted octanol–water partition coefficient (Wildman–Crippen LogP) is 6.06. The molecule has 0 bridgehead atoms. The summed E-state index contributed by atoms with van der Waals surface area (Å²) in [6.45, 7) is 4.30. The van der Waals surface area contributed by atoms with Crippen LogP contribution < -0.4 is 4.80 Å². The molecule has 0 saturated heterocycles. The second-order valence-electron chi connectivity index (χ2n) is 6.34. The maximum atomic E-state index is 4.90. The Bertz CT molecular complexity index is 1090. The molecule has 4 rings (SSSR count). The van der Waals surface area contributed by atoms with Crippen molar-refractivity contribution in [2.24, 2.45) is 4.99 Å². The van der Waals surface area contributed by atoms with Gasteiger partial charge in [-0.2, -0.15) is 0 Å². The number of hydrogen-bond donors (Lipinski definition) is 0. The quantitative estimate of drug-likeness (QED) is 0.425. The minimum atomic E-state index is 0.964. The molecule has 3 heteroatoms. The first-order valence-electron chi connectivity index (χ1n) is 8.66. The van der Waals surface area contributed by atoms with Crippen LogP contribution >= 0.6 is 11.3 Å². The Morgan fingerprint density at radius 1 is 0.808 bits per heavy atom. The van der Waals surface area contributed by atoms with Gasteiger partial charge in [0, 0.05) is 16.6 Å². The van der Waals surface area contributed by atoms with E-state index in [2.05, 4.69) is 66.3 Å². The van der Waals surface area contributed by atoms with Crippen LogP contribution in [0.25, 0.3) is 16.9 Å². The van der Waals surface area contributed by atoms with Gasteiger partial charge in [-0.3, -0.25) is 4.57 Å². The molecule has 0 unspecified atom stereocenters. The molecule has 3 aromatic carbocycles. The zero-order valence-electron chi connectivity index (χ0n) is 14.9. The van der Waals surface area contributed by atoms with Gasteiger partial charge in [0.15, 0.2) is 4.80 Å². The maximum absolute atomic E-state index is 4.90.